The predicted octanol–water partition coefficient (Wildman–Crippen LogP) is 1.31. The Morgan fingerprint density at radius 2 is 2.27 bits per heavy atom. The smallest absolute Gasteiger partial charge is 0.119 e. The Kier molecular flexibility index (Phi) is 3.59. The summed E-state index contributed by atoms with van der Waals surface area (Å²) in [6.07, 6.45) is 2.61. The Hall–Kier alpha value is -1.06. The fourth-order valence-corrected chi connectivity index (χ4v) is 1.45. The van der Waals surface area contributed by atoms with Gasteiger partial charge in [0.05, 0.1) is 6.61 Å². The van der Waals surface area contributed by atoms with Gasteiger partial charge in [0.25, 0.3) is 0 Å². The van der Waals surface area contributed by atoms with Crippen molar-refractivity contribution in [1.82, 2.24) is 5.32 Å². The summed E-state index contributed by atoms with van der Waals surface area (Å²) in [5.74, 6) is 0.833. The van der Waals surface area contributed by atoms with Gasteiger partial charge in [-0.2, -0.15) is 0 Å². The van der Waals surface area contributed by atoms with Crippen molar-refractivity contribution >= 4 is 0 Å². The van der Waals surface area contributed by atoms with Gasteiger partial charge in [-0.15, -0.1) is 0 Å². The van der Waals surface area contributed by atoms with Crippen LogP contribution in [-0.2, 0) is 6.61 Å². The third-order valence-corrected chi connectivity index (χ3v) is 2.46. The number of hydrogen-bond donors (Lipinski definition) is 2. The standard InChI is InChI=1S/C12H17NO2/c14-9-10-2-1-3-12(8-10)15-7-6-13-11-4-5-11/h1-3,8,11,13-14H,4-7,9H2. The molecule has 2 N–H and O–H groups in total. The second kappa shape index (κ2) is 5.14. The molecule has 3 heteroatoms. The van der Waals surface area contributed by atoms with Gasteiger partial charge in [0, 0.05) is 12.6 Å². The summed E-state index contributed by atoms with van der Waals surface area (Å²) >= 11 is 0. The zero-order valence-corrected chi connectivity index (χ0v) is 8.78. The van der Waals surface area contributed by atoms with E-state index in [-0.39, 0.29) is 6.61 Å². The lowest BCUT2D eigenvalue weighted by Crippen LogP contribution is -2.22. The highest BCUT2D eigenvalue weighted by molar-refractivity contribution is 5.27. The Bertz CT molecular complexity index is 310. The van der Waals surface area contributed by atoms with Crippen molar-refractivity contribution < 1.29 is 9.84 Å². The molecule has 3 nitrogen and oxygen atoms in total. The van der Waals surface area contributed by atoms with Gasteiger partial charge in [-0.1, -0.05) is 12.1 Å². The number of aliphatic hydroxyl groups is 1. The minimum Gasteiger partial charge on any atom is -0.492 e. The van der Waals surface area contributed by atoms with Crippen LogP contribution in [0.1, 0.15) is 18.4 Å². The SMILES string of the molecule is OCc1cccc(OCCNC2CC2)c1. The Morgan fingerprint density at radius 1 is 1.40 bits per heavy atom. The molecule has 0 bridgehead atoms. The highest BCUT2D eigenvalue weighted by Gasteiger charge is 2.19. The molecule has 1 fully saturated rings. The van der Waals surface area contributed by atoms with Crippen LogP contribution in [0.25, 0.3) is 0 Å². The van der Waals surface area contributed by atoms with Crippen LogP contribution in [0.15, 0.2) is 24.3 Å². The van der Waals surface area contributed by atoms with Gasteiger partial charge in [0.15, 0.2) is 0 Å². The van der Waals surface area contributed by atoms with Crippen LogP contribution in [0, 0.1) is 0 Å². The topological polar surface area (TPSA) is 41.5 Å². The third-order valence-electron chi connectivity index (χ3n) is 2.46. The van der Waals surface area contributed by atoms with E-state index in [0.29, 0.717) is 6.61 Å². The van der Waals surface area contributed by atoms with Crippen molar-refractivity contribution in [2.45, 2.75) is 25.5 Å². The Labute approximate surface area is 90.1 Å². The molecule has 0 amide bonds. The molecule has 0 radical (unpaired) electrons. The van der Waals surface area contributed by atoms with Crippen LogP contribution in [0.3, 0.4) is 0 Å². The summed E-state index contributed by atoms with van der Waals surface area (Å²) in [6, 6.07) is 8.30. The van der Waals surface area contributed by atoms with Gasteiger partial charge in [-0.05, 0) is 30.5 Å². The fourth-order valence-electron chi connectivity index (χ4n) is 1.45. The van der Waals surface area contributed by atoms with E-state index in [9.17, 15) is 0 Å². The van der Waals surface area contributed by atoms with E-state index in [0.717, 1.165) is 23.9 Å². The summed E-state index contributed by atoms with van der Waals surface area (Å²) in [5.41, 5.74) is 0.891. The summed E-state index contributed by atoms with van der Waals surface area (Å²) in [7, 11) is 0. The van der Waals surface area contributed by atoms with E-state index in [1.807, 2.05) is 24.3 Å². The molecule has 1 saturated carbocycles. The lowest BCUT2D eigenvalue weighted by Gasteiger charge is -2.07. The first-order valence-electron chi connectivity index (χ1n) is 5.44. The van der Waals surface area contributed by atoms with E-state index >= 15 is 0 Å². The quantitative estimate of drug-likeness (QED) is 0.691. The van der Waals surface area contributed by atoms with Crippen molar-refractivity contribution in [1.29, 1.82) is 0 Å². The number of nitrogens with one attached hydrogen (secondary N) is 1. The summed E-state index contributed by atoms with van der Waals surface area (Å²) < 4.78 is 5.55. The molecule has 1 aromatic rings. The number of hydrogen-bond acceptors (Lipinski definition) is 3. The van der Waals surface area contributed by atoms with Gasteiger partial charge in [-0.25, -0.2) is 0 Å². The predicted molar refractivity (Wildman–Crippen MR) is 58.9 cm³/mol. The molecule has 1 aliphatic carbocycles. The lowest BCUT2D eigenvalue weighted by atomic mass is 10.2. The molecule has 0 aromatic heterocycles. The zero-order chi connectivity index (χ0) is 10.5. The van der Waals surface area contributed by atoms with Crippen LogP contribution in [0.4, 0.5) is 0 Å². The van der Waals surface area contributed by atoms with Crippen molar-refractivity contribution in [2.24, 2.45) is 0 Å². The zero-order valence-electron chi connectivity index (χ0n) is 8.78. The summed E-state index contributed by atoms with van der Waals surface area (Å²) in [5, 5.41) is 12.3. The van der Waals surface area contributed by atoms with Crippen LogP contribution >= 0.6 is 0 Å². The molecule has 82 valence electrons. The number of aliphatic hydroxyl groups excluding tert-OH is 1. The van der Waals surface area contributed by atoms with Gasteiger partial charge >= 0.3 is 0 Å². The molecule has 2 rings (SSSR count). The van der Waals surface area contributed by atoms with Crippen LogP contribution < -0.4 is 10.1 Å². The second-order valence-electron chi connectivity index (χ2n) is 3.88. The second-order valence-corrected chi connectivity index (χ2v) is 3.88. The molecular weight excluding hydrogens is 190 g/mol. The summed E-state index contributed by atoms with van der Waals surface area (Å²) in [4.78, 5) is 0. The van der Waals surface area contributed by atoms with Crippen LogP contribution in [0.2, 0.25) is 0 Å². The first kappa shape index (κ1) is 10.5. The van der Waals surface area contributed by atoms with E-state index < -0.39 is 0 Å². The fraction of sp³-hybridized carbons (Fsp3) is 0.500. The summed E-state index contributed by atoms with van der Waals surface area (Å²) in [6.45, 7) is 1.65. The highest BCUT2D eigenvalue weighted by atomic mass is 16.5. The van der Waals surface area contributed by atoms with Crippen molar-refractivity contribution in [3.63, 3.8) is 0 Å². The average molecular weight is 207 g/mol. The van der Waals surface area contributed by atoms with E-state index in [1.165, 1.54) is 12.8 Å². The highest BCUT2D eigenvalue weighted by Crippen LogP contribution is 2.18. The molecule has 0 heterocycles. The molecule has 0 saturated heterocycles. The van der Waals surface area contributed by atoms with E-state index in [1.54, 1.807) is 0 Å². The van der Waals surface area contributed by atoms with Crippen molar-refractivity contribution in [3.05, 3.63) is 29.8 Å². The maximum atomic E-state index is 8.95. The Morgan fingerprint density at radius 3 is 3.00 bits per heavy atom. The molecule has 0 unspecified atom stereocenters. The minimum absolute atomic E-state index is 0.0670. The van der Waals surface area contributed by atoms with Crippen molar-refractivity contribution in [3.8, 4) is 5.75 Å². The molecule has 0 spiro atoms. The Balaban J connectivity index is 1.71. The number of benzene rings is 1. The number of rotatable bonds is 6. The monoisotopic (exact) mass is 207 g/mol. The third kappa shape index (κ3) is 3.53. The molecule has 0 atom stereocenters. The number of ether oxygens (including phenoxy) is 1. The van der Waals surface area contributed by atoms with Crippen molar-refractivity contribution in [2.75, 3.05) is 13.2 Å². The maximum Gasteiger partial charge on any atom is 0.119 e. The van der Waals surface area contributed by atoms with Gasteiger partial charge in [0.1, 0.15) is 12.4 Å². The van der Waals surface area contributed by atoms with Crippen LogP contribution in [0.5, 0.6) is 5.75 Å². The van der Waals surface area contributed by atoms with Gasteiger partial charge in [-0.3, -0.25) is 0 Å². The molecule has 1 aromatic carbocycles. The van der Waals surface area contributed by atoms with Gasteiger partial charge in [0.2, 0.25) is 0 Å². The first-order chi connectivity index (χ1) is 7.38. The first-order valence-corrected chi connectivity index (χ1v) is 5.44. The molecular formula is C12H17NO2. The lowest BCUT2D eigenvalue weighted by molar-refractivity contribution is 0.279. The molecule has 15 heavy (non-hydrogen) atoms. The molecule has 1 aliphatic rings. The average Bonchev–Trinajstić information content (AvgIpc) is 3.09. The molecule has 0 aliphatic heterocycles. The van der Waals surface area contributed by atoms with E-state index in [2.05, 4.69) is 5.32 Å². The maximum absolute atomic E-state index is 8.95. The van der Waals surface area contributed by atoms with Crippen LogP contribution in [-0.4, -0.2) is 24.3 Å². The normalized spacial score (nSPS) is 15.3. The van der Waals surface area contributed by atoms with Gasteiger partial charge < -0.3 is 15.2 Å². The largest absolute Gasteiger partial charge is 0.492 e. The minimum atomic E-state index is 0.0670. The van der Waals surface area contributed by atoms with E-state index in [4.69, 9.17) is 9.84 Å².